The number of thiazole rings is 1. The minimum atomic E-state index is -0.173. The molecular formula is C22H28N4O3S. The number of hydrogen-bond acceptors (Lipinski definition) is 6. The monoisotopic (exact) mass is 428 g/mol. The van der Waals surface area contributed by atoms with Gasteiger partial charge in [0, 0.05) is 37.3 Å². The molecule has 1 aromatic heterocycles. The standard InChI is InChI=1S/C22H28N4O3S/c1-15-5-2-7-17(11-15)24-22-25-19(14-30-22)21(28)26-9-3-6-16(13-26)20(27)23-12-18-8-4-10-29-18/h2,5,7,11,14,16,18H,3-4,6,8-10,12-13H2,1H3,(H,23,27)(H,24,25)/t16-,18+/m0/s1. The predicted octanol–water partition coefficient (Wildman–Crippen LogP) is 3.34. The highest BCUT2D eigenvalue weighted by atomic mass is 32.1. The van der Waals surface area contributed by atoms with E-state index in [2.05, 4.69) is 15.6 Å². The number of aromatic nitrogens is 1. The zero-order valence-electron chi connectivity index (χ0n) is 17.2. The van der Waals surface area contributed by atoms with Crippen LogP contribution in [0.5, 0.6) is 0 Å². The van der Waals surface area contributed by atoms with Crippen LogP contribution in [0, 0.1) is 12.8 Å². The Kier molecular flexibility index (Phi) is 6.64. The van der Waals surface area contributed by atoms with Gasteiger partial charge in [-0.25, -0.2) is 4.98 Å². The minimum absolute atomic E-state index is 0.0167. The summed E-state index contributed by atoms with van der Waals surface area (Å²) in [4.78, 5) is 31.7. The summed E-state index contributed by atoms with van der Waals surface area (Å²) in [5.74, 6) is -0.268. The van der Waals surface area contributed by atoms with Gasteiger partial charge in [-0.2, -0.15) is 0 Å². The lowest BCUT2D eigenvalue weighted by Crippen LogP contribution is -2.46. The summed E-state index contributed by atoms with van der Waals surface area (Å²) in [7, 11) is 0. The van der Waals surface area contributed by atoms with E-state index >= 15 is 0 Å². The Bertz CT molecular complexity index is 894. The fourth-order valence-electron chi connectivity index (χ4n) is 3.98. The van der Waals surface area contributed by atoms with Crippen LogP contribution in [-0.2, 0) is 9.53 Å². The number of aryl methyl sites for hydroxylation is 1. The van der Waals surface area contributed by atoms with Crippen LogP contribution >= 0.6 is 11.3 Å². The fraction of sp³-hybridized carbons (Fsp3) is 0.500. The summed E-state index contributed by atoms with van der Waals surface area (Å²) in [6, 6.07) is 8.02. The Morgan fingerprint density at radius 1 is 1.30 bits per heavy atom. The van der Waals surface area contributed by atoms with Gasteiger partial charge in [-0.05, 0) is 50.3 Å². The molecule has 0 saturated carbocycles. The van der Waals surface area contributed by atoms with E-state index in [0.717, 1.165) is 43.5 Å². The Hall–Kier alpha value is -2.45. The lowest BCUT2D eigenvalue weighted by Gasteiger charge is -2.31. The van der Waals surface area contributed by atoms with E-state index in [0.29, 0.717) is 30.5 Å². The predicted molar refractivity (Wildman–Crippen MR) is 117 cm³/mol. The van der Waals surface area contributed by atoms with Crippen molar-refractivity contribution in [3.05, 3.63) is 40.9 Å². The highest BCUT2D eigenvalue weighted by Gasteiger charge is 2.30. The quantitative estimate of drug-likeness (QED) is 0.737. The lowest BCUT2D eigenvalue weighted by molar-refractivity contribution is -0.126. The van der Waals surface area contributed by atoms with Crippen LogP contribution in [0.15, 0.2) is 29.6 Å². The van der Waals surface area contributed by atoms with Crippen molar-refractivity contribution in [1.29, 1.82) is 0 Å². The van der Waals surface area contributed by atoms with Crippen molar-refractivity contribution in [2.24, 2.45) is 5.92 Å². The van der Waals surface area contributed by atoms with Gasteiger partial charge in [0.25, 0.3) is 5.91 Å². The molecule has 4 rings (SSSR count). The van der Waals surface area contributed by atoms with Gasteiger partial charge in [0.2, 0.25) is 5.91 Å². The second kappa shape index (κ2) is 9.57. The number of likely N-dealkylation sites (tertiary alicyclic amines) is 1. The molecule has 2 aliphatic heterocycles. The van der Waals surface area contributed by atoms with Crippen molar-refractivity contribution in [2.75, 3.05) is 31.6 Å². The number of nitrogens with one attached hydrogen (secondary N) is 2. The molecule has 160 valence electrons. The first kappa shape index (κ1) is 20.8. The number of nitrogens with zero attached hydrogens (tertiary/aromatic N) is 2. The maximum atomic E-state index is 12.9. The van der Waals surface area contributed by atoms with E-state index in [1.54, 1.807) is 10.3 Å². The first-order valence-electron chi connectivity index (χ1n) is 10.6. The van der Waals surface area contributed by atoms with Crippen LogP contribution in [0.3, 0.4) is 0 Å². The number of carbonyl (C=O) groups excluding carboxylic acids is 2. The minimum Gasteiger partial charge on any atom is -0.376 e. The summed E-state index contributed by atoms with van der Waals surface area (Å²) >= 11 is 1.41. The highest BCUT2D eigenvalue weighted by molar-refractivity contribution is 7.14. The van der Waals surface area contributed by atoms with Gasteiger partial charge in [-0.3, -0.25) is 9.59 Å². The topological polar surface area (TPSA) is 83.6 Å². The molecule has 30 heavy (non-hydrogen) atoms. The van der Waals surface area contributed by atoms with Crippen LogP contribution in [0.4, 0.5) is 10.8 Å². The molecule has 0 radical (unpaired) electrons. The summed E-state index contributed by atoms with van der Waals surface area (Å²) in [5, 5.41) is 8.72. The van der Waals surface area contributed by atoms with E-state index in [4.69, 9.17) is 4.74 Å². The molecule has 2 saturated heterocycles. The molecule has 2 aliphatic rings. The third kappa shape index (κ3) is 5.17. The second-order valence-electron chi connectivity index (χ2n) is 8.00. The molecule has 2 atom stereocenters. The van der Waals surface area contributed by atoms with E-state index in [1.165, 1.54) is 11.3 Å². The van der Waals surface area contributed by atoms with E-state index in [9.17, 15) is 9.59 Å². The van der Waals surface area contributed by atoms with Crippen LogP contribution in [0.25, 0.3) is 0 Å². The van der Waals surface area contributed by atoms with Crippen LogP contribution < -0.4 is 10.6 Å². The van der Waals surface area contributed by atoms with Crippen molar-refractivity contribution in [3.63, 3.8) is 0 Å². The number of ether oxygens (including phenoxy) is 1. The molecule has 8 heteroatoms. The normalized spacial score (nSPS) is 21.4. The zero-order chi connectivity index (χ0) is 20.9. The van der Waals surface area contributed by atoms with E-state index in [1.807, 2.05) is 31.2 Å². The Morgan fingerprint density at radius 3 is 3.00 bits per heavy atom. The smallest absolute Gasteiger partial charge is 0.273 e. The van der Waals surface area contributed by atoms with Gasteiger partial charge >= 0.3 is 0 Å². The van der Waals surface area contributed by atoms with Gasteiger partial charge in [-0.1, -0.05) is 12.1 Å². The van der Waals surface area contributed by atoms with Gasteiger partial charge < -0.3 is 20.3 Å². The Labute approximate surface area is 180 Å². The molecule has 0 bridgehead atoms. The highest BCUT2D eigenvalue weighted by Crippen LogP contribution is 2.24. The van der Waals surface area contributed by atoms with Crippen LogP contribution in [-0.4, -0.2) is 54.0 Å². The van der Waals surface area contributed by atoms with Crippen molar-refractivity contribution in [2.45, 2.75) is 38.7 Å². The molecule has 2 aromatic rings. The molecule has 0 spiro atoms. The molecule has 7 nitrogen and oxygen atoms in total. The number of piperidine rings is 1. The molecule has 0 unspecified atom stereocenters. The maximum absolute atomic E-state index is 12.9. The van der Waals surface area contributed by atoms with Crippen molar-refractivity contribution in [1.82, 2.24) is 15.2 Å². The summed E-state index contributed by atoms with van der Waals surface area (Å²) in [5.41, 5.74) is 2.53. The number of carbonyl (C=O) groups is 2. The molecule has 2 amide bonds. The molecule has 1 aromatic carbocycles. The number of rotatable bonds is 6. The Morgan fingerprint density at radius 2 is 2.20 bits per heavy atom. The van der Waals surface area contributed by atoms with Crippen LogP contribution in [0.2, 0.25) is 0 Å². The molecule has 0 aliphatic carbocycles. The van der Waals surface area contributed by atoms with Crippen molar-refractivity contribution in [3.8, 4) is 0 Å². The summed E-state index contributed by atoms with van der Waals surface area (Å²) in [6.07, 6.45) is 3.81. The van der Waals surface area contributed by atoms with Crippen molar-refractivity contribution < 1.29 is 14.3 Å². The van der Waals surface area contributed by atoms with E-state index < -0.39 is 0 Å². The SMILES string of the molecule is Cc1cccc(Nc2nc(C(=O)N3CCC[C@H](C(=O)NC[C@H]4CCCO4)C3)cs2)c1. The lowest BCUT2D eigenvalue weighted by atomic mass is 9.97. The van der Waals surface area contributed by atoms with Crippen molar-refractivity contribution >= 4 is 34.0 Å². The first-order chi connectivity index (χ1) is 14.6. The summed E-state index contributed by atoms with van der Waals surface area (Å²) < 4.78 is 5.57. The van der Waals surface area contributed by atoms with Crippen LogP contribution in [0.1, 0.15) is 41.7 Å². The fourth-order valence-corrected chi connectivity index (χ4v) is 4.68. The third-order valence-electron chi connectivity index (χ3n) is 5.60. The van der Waals surface area contributed by atoms with Gasteiger partial charge in [0.1, 0.15) is 5.69 Å². The number of benzene rings is 1. The second-order valence-corrected chi connectivity index (χ2v) is 8.86. The third-order valence-corrected chi connectivity index (χ3v) is 6.36. The first-order valence-corrected chi connectivity index (χ1v) is 11.4. The zero-order valence-corrected chi connectivity index (χ0v) is 18.0. The Balaban J connectivity index is 1.32. The number of amides is 2. The molecule has 3 heterocycles. The molecular weight excluding hydrogens is 400 g/mol. The average molecular weight is 429 g/mol. The van der Waals surface area contributed by atoms with Gasteiger partial charge in [0.15, 0.2) is 5.13 Å². The molecule has 2 N–H and O–H groups in total. The maximum Gasteiger partial charge on any atom is 0.273 e. The summed E-state index contributed by atoms with van der Waals surface area (Å²) in [6.45, 7) is 4.47. The number of hydrogen-bond donors (Lipinski definition) is 2. The van der Waals surface area contributed by atoms with E-state index in [-0.39, 0.29) is 23.8 Å². The number of anilines is 2. The molecule has 2 fully saturated rings. The largest absolute Gasteiger partial charge is 0.376 e. The van der Waals surface area contributed by atoms with Gasteiger partial charge in [-0.15, -0.1) is 11.3 Å². The van der Waals surface area contributed by atoms with Gasteiger partial charge in [0.05, 0.1) is 12.0 Å². The average Bonchev–Trinajstić information content (AvgIpc) is 3.44.